The maximum atomic E-state index is 12.1. The first-order valence-corrected chi connectivity index (χ1v) is 6.07. The van der Waals surface area contributed by atoms with Crippen LogP contribution >= 0.6 is 0 Å². The van der Waals surface area contributed by atoms with Crippen molar-refractivity contribution in [3.05, 3.63) is 0 Å². The lowest BCUT2D eigenvalue weighted by Gasteiger charge is -2.30. The summed E-state index contributed by atoms with van der Waals surface area (Å²) >= 11 is 0. The van der Waals surface area contributed by atoms with E-state index in [0.717, 1.165) is 12.8 Å². The topological polar surface area (TPSA) is 62.1 Å². The molecule has 16 heavy (non-hydrogen) atoms. The number of hydrogen-bond acceptors (Lipinski definition) is 3. The second kappa shape index (κ2) is 4.84. The number of hydrogen-bond donors (Lipinski definition) is 1. The van der Waals surface area contributed by atoms with Gasteiger partial charge in [-0.2, -0.15) is 5.26 Å². The molecule has 0 radical (unpaired) electrons. The van der Waals surface area contributed by atoms with Crippen LogP contribution in [0.25, 0.3) is 0 Å². The van der Waals surface area contributed by atoms with Gasteiger partial charge in [0, 0.05) is 19.3 Å². The molecule has 4 nitrogen and oxygen atoms in total. The molecule has 0 spiro atoms. The van der Waals surface area contributed by atoms with Gasteiger partial charge in [-0.05, 0) is 25.7 Å². The molecule has 1 N–H and O–H groups in total. The van der Waals surface area contributed by atoms with Crippen LogP contribution in [0.5, 0.6) is 0 Å². The molecule has 1 aliphatic heterocycles. The molecule has 2 aliphatic rings. The Bertz CT molecular complexity index is 297. The minimum atomic E-state index is -0.832. The molecule has 0 atom stereocenters. The summed E-state index contributed by atoms with van der Waals surface area (Å²) < 4.78 is 5.22. The summed E-state index contributed by atoms with van der Waals surface area (Å²) in [5.41, 5.74) is -0.832. The van der Waals surface area contributed by atoms with Crippen LogP contribution < -0.4 is 5.32 Å². The molecule has 1 saturated carbocycles. The van der Waals surface area contributed by atoms with Gasteiger partial charge in [-0.3, -0.25) is 4.79 Å². The Balaban J connectivity index is 1.97. The van der Waals surface area contributed by atoms with E-state index >= 15 is 0 Å². The fraction of sp³-hybridized carbons (Fsp3) is 0.833. The number of carbonyl (C=O) groups excluding carboxylic acids is 1. The van der Waals surface area contributed by atoms with E-state index in [-0.39, 0.29) is 5.91 Å². The van der Waals surface area contributed by atoms with Crippen molar-refractivity contribution >= 4 is 5.91 Å². The van der Waals surface area contributed by atoms with Crippen molar-refractivity contribution in [1.29, 1.82) is 5.26 Å². The number of rotatable bonds is 2. The lowest BCUT2D eigenvalue weighted by Crippen LogP contribution is -2.46. The Morgan fingerprint density at radius 2 is 1.94 bits per heavy atom. The number of nitrogens with zero attached hydrogens (tertiary/aromatic N) is 1. The highest BCUT2D eigenvalue weighted by Gasteiger charge is 2.41. The van der Waals surface area contributed by atoms with Gasteiger partial charge in [0.2, 0.25) is 5.91 Å². The smallest absolute Gasteiger partial charge is 0.240 e. The molecule has 0 aromatic carbocycles. The Morgan fingerprint density at radius 1 is 1.31 bits per heavy atom. The first-order valence-electron chi connectivity index (χ1n) is 6.07. The number of nitriles is 1. The molecule has 0 unspecified atom stereocenters. The van der Waals surface area contributed by atoms with E-state index in [1.54, 1.807) is 0 Å². The number of carbonyl (C=O) groups is 1. The van der Waals surface area contributed by atoms with E-state index in [0.29, 0.717) is 32.1 Å². The third kappa shape index (κ3) is 2.19. The van der Waals surface area contributed by atoms with Crippen molar-refractivity contribution in [3.8, 4) is 6.07 Å². The summed E-state index contributed by atoms with van der Waals surface area (Å²) in [6.07, 6.45) is 5.55. The zero-order valence-corrected chi connectivity index (χ0v) is 9.50. The summed E-state index contributed by atoms with van der Waals surface area (Å²) in [6.45, 7) is 1.04. The van der Waals surface area contributed by atoms with Gasteiger partial charge < -0.3 is 10.1 Å². The standard InChI is InChI=1S/C12H18N2O2/c13-9-12(5-7-16-8-6-12)11(15)14-10-3-1-2-4-10/h10H,1-8H2,(H,14,15). The third-order valence-electron chi connectivity index (χ3n) is 3.69. The first kappa shape index (κ1) is 11.4. The molecule has 0 aromatic rings. The van der Waals surface area contributed by atoms with E-state index in [1.165, 1.54) is 12.8 Å². The fourth-order valence-electron chi connectivity index (χ4n) is 2.50. The average Bonchev–Trinajstić information content (AvgIpc) is 2.82. The van der Waals surface area contributed by atoms with E-state index < -0.39 is 5.41 Å². The largest absolute Gasteiger partial charge is 0.381 e. The molecule has 4 heteroatoms. The van der Waals surface area contributed by atoms with Gasteiger partial charge in [-0.1, -0.05) is 12.8 Å². The highest BCUT2D eigenvalue weighted by atomic mass is 16.5. The van der Waals surface area contributed by atoms with Gasteiger partial charge in [-0.25, -0.2) is 0 Å². The summed E-state index contributed by atoms with van der Waals surface area (Å²) in [6, 6.07) is 2.49. The van der Waals surface area contributed by atoms with Gasteiger partial charge in [0.25, 0.3) is 0 Å². The Hall–Kier alpha value is -1.08. The van der Waals surface area contributed by atoms with E-state index in [9.17, 15) is 10.1 Å². The maximum absolute atomic E-state index is 12.1. The minimum Gasteiger partial charge on any atom is -0.381 e. The van der Waals surface area contributed by atoms with E-state index in [2.05, 4.69) is 11.4 Å². The second-order valence-electron chi connectivity index (χ2n) is 4.76. The molecule has 1 amide bonds. The van der Waals surface area contributed by atoms with E-state index in [4.69, 9.17) is 4.74 Å². The van der Waals surface area contributed by atoms with Gasteiger partial charge >= 0.3 is 0 Å². The average molecular weight is 222 g/mol. The zero-order valence-electron chi connectivity index (χ0n) is 9.50. The molecule has 1 saturated heterocycles. The van der Waals surface area contributed by atoms with Crippen LogP contribution in [-0.4, -0.2) is 25.2 Å². The van der Waals surface area contributed by atoms with Gasteiger partial charge in [0.1, 0.15) is 5.41 Å². The van der Waals surface area contributed by atoms with Crippen LogP contribution in [0.4, 0.5) is 0 Å². The SMILES string of the molecule is N#CC1(C(=O)NC2CCCC2)CCOCC1. The highest BCUT2D eigenvalue weighted by Crippen LogP contribution is 2.30. The lowest BCUT2D eigenvalue weighted by molar-refractivity contribution is -0.133. The molecule has 1 heterocycles. The van der Waals surface area contributed by atoms with Crippen LogP contribution in [-0.2, 0) is 9.53 Å². The van der Waals surface area contributed by atoms with Crippen LogP contribution in [0.15, 0.2) is 0 Å². The second-order valence-corrected chi connectivity index (χ2v) is 4.76. The highest BCUT2D eigenvalue weighted by molar-refractivity contribution is 5.85. The van der Waals surface area contributed by atoms with Crippen LogP contribution in [0.2, 0.25) is 0 Å². The van der Waals surface area contributed by atoms with Crippen LogP contribution in [0.1, 0.15) is 38.5 Å². The van der Waals surface area contributed by atoms with Crippen molar-refractivity contribution in [2.75, 3.05) is 13.2 Å². The fourth-order valence-corrected chi connectivity index (χ4v) is 2.50. The molecule has 2 rings (SSSR count). The summed E-state index contributed by atoms with van der Waals surface area (Å²) in [7, 11) is 0. The van der Waals surface area contributed by atoms with Crippen molar-refractivity contribution in [3.63, 3.8) is 0 Å². The molecular weight excluding hydrogens is 204 g/mol. The molecule has 0 aromatic heterocycles. The monoisotopic (exact) mass is 222 g/mol. The number of amides is 1. The Kier molecular flexibility index (Phi) is 3.45. The minimum absolute atomic E-state index is 0.0785. The zero-order chi connectivity index (χ0) is 11.4. The van der Waals surface area contributed by atoms with Crippen molar-refractivity contribution in [2.45, 2.75) is 44.6 Å². The van der Waals surface area contributed by atoms with Crippen LogP contribution in [0.3, 0.4) is 0 Å². The molecule has 2 fully saturated rings. The summed E-state index contributed by atoms with van der Waals surface area (Å²) in [5.74, 6) is -0.0785. The number of ether oxygens (including phenoxy) is 1. The quantitative estimate of drug-likeness (QED) is 0.767. The summed E-state index contributed by atoms with van der Waals surface area (Å²) in [5, 5.41) is 12.2. The van der Waals surface area contributed by atoms with E-state index in [1.807, 2.05) is 0 Å². The molecular formula is C12H18N2O2. The third-order valence-corrected chi connectivity index (χ3v) is 3.69. The van der Waals surface area contributed by atoms with Gasteiger partial charge in [-0.15, -0.1) is 0 Å². The predicted molar refractivity (Wildman–Crippen MR) is 58.5 cm³/mol. The van der Waals surface area contributed by atoms with Crippen LogP contribution in [0, 0.1) is 16.7 Å². The maximum Gasteiger partial charge on any atom is 0.240 e. The molecule has 88 valence electrons. The number of nitrogens with one attached hydrogen (secondary N) is 1. The van der Waals surface area contributed by atoms with Gasteiger partial charge in [0.05, 0.1) is 6.07 Å². The lowest BCUT2D eigenvalue weighted by atomic mass is 9.80. The molecule has 1 aliphatic carbocycles. The Morgan fingerprint density at radius 3 is 2.50 bits per heavy atom. The van der Waals surface area contributed by atoms with Gasteiger partial charge in [0.15, 0.2) is 0 Å². The van der Waals surface area contributed by atoms with Crippen molar-refractivity contribution in [1.82, 2.24) is 5.32 Å². The first-order chi connectivity index (χ1) is 7.77. The molecule has 0 bridgehead atoms. The van der Waals surface area contributed by atoms with Crippen molar-refractivity contribution < 1.29 is 9.53 Å². The predicted octanol–water partition coefficient (Wildman–Crippen LogP) is 1.37. The van der Waals surface area contributed by atoms with Crippen molar-refractivity contribution in [2.24, 2.45) is 5.41 Å². The Labute approximate surface area is 96.0 Å². The normalized spacial score (nSPS) is 24.9. The summed E-state index contributed by atoms with van der Waals surface area (Å²) in [4.78, 5) is 12.1.